The second kappa shape index (κ2) is 6.19. The SMILES string of the molecule is COc1ccc(-c2cccc3c(N)c4c(nc23)CN(C2CCC2)C4=O)c(C)n1. The van der Waals surface area contributed by atoms with Crippen molar-refractivity contribution in [3.05, 3.63) is 47.3 Å². The van der Waals surface area contributed by atoms with Crippen LogP contribution in [0.4, 0.5) is 5.69 Å². The monoisotopic (exact) mass is 374 g/mol. The molecule has 5 rings (SSSR count). The van der Waals surface area contributed by atoms with Crippen LogP contribution in [0.2, 0.25) is 0 Å². The molecule has 1 saturated carbocycles. The number of rotatable bonds is 3. The van der Waals surface area contributed by atoms with E-state index >= 15 is 0 Å². The van der Waals surface area contributed by atoms with Gasteiger partial charge < -0.3 is 15.4 Å². The van der Waals surface area contributed by atoms with Crippen molar-refractivity contribution in [1.29, 1.82) is 0 Å². The summed E-state index contributed by atoms with van der Waals surface area (Å²) in [6.07, 6.45) is 3.33. The highest BCUT2D eigenvalue weighted by Gasteiger charge is 2.38. The maximum Gasteiger partial charge on any atom is 0.258 e. The van der Waals surface area contributed by atoms with E-state index in [0.29, 0.717) is 29.7 Å². The molecule has 0 saturated heterocycles. The number of nitrogens with zero attached hydrogens (tertiary/aromatic N) is 3. The Morgan fingerprint density at radius 3 is 2.64 bits per heavy atom. The number of pyridine rings is 2. The lowest BCUT2D eigenvalue weighted by Gasteiger charge is -2.34. The first-order valence-corrected chi connectivity index (χ1v) is 9.62. The molecule has 0 bridgehead atoms. The molecule has 2 N–H and O–H groups in total. The third-order valence-electron chi connectivity index (χ3n) is 6.00. The maximum atomic E-state index is 13.0. The van der Waals surface area contributed by atoms with E-state index in [0.717, 1.165) is 46.3 Å². The number of para-hydroxylation sites is 1. The average molecular weight is 374 g/mol. The van der Waals surface area contributed by atoms with Crippen LogP contribution in [0.15, 0.2) is 30.3 Å². The molecule has 0 unspecified atom stereocenters. The molecule has 0 atom stereocenters. The fourth-order valence-corrected chi connectivity index (χ4v) is 4.24. The number of amides is 1. The van der Waals surface area contributed by atoms with E-state index in [1.165, 1.54) is 6.42 Å². The number of nitrogen functional groups attached to an aromatic ring is 1. The number of methoxy groups -OCH3 is 1. The molecule has 1 fully saturated rings. The van der Waals surface area contributed by atoms with E-state index in [1.807, 2.05) is 42.2 Å². The number of carbonyl (C=O) groups excluding carboxylic acids is 1. The van der Waals surface area contributed by atoms with Crippen molar-refractivity contribution in [2.24, 2.45) is 0 Å². The summed E-state index contributed by atoms with van der Waals surface area (Å²) in [5.74, 6) is 0.607. The minimum Gasteiger partial charge on any atom is -0.481 e. The fraction of sp³-hybridized carbons (Fsp3) is 0.318. The van der Waals surface area contributed by atoms with Gasteiger partial charge in [0, 0.05) is 34.3 Å². The van der Waals surface area contributed by atoms with Gasteiger partial charge in [-0.05, 0) is 32.3 Å². The van der Waals surface area contributed by atoms with Crippen LogP contribution in [0.1, 0.15) is 41.0 Å². The summed E-state index contributed by atoms with van der Waals surface area (Å²) in [7, 11) is 1.61. The predicted octanol–water partition coefficient (Wildman–Crippen LogP) is 3.70. The average Bonchev–Trinajstić information content (AvgIpc) is 2.96. The highest BCUT2D eigenvalue weighted by atomic mass is 16.5. The van der Waals surface area contributed by atoms with Crippen molar-refractivity contribution in [2.75, 3.05) is 12.8 Å². The van der Waals surface area contributed by atoms with Gasteiger partial charge in [-0.2, -0.15) is 0 Å². The Labute approximate surface area is 163 Å². The lowest BCUT2D eigenvalue weighted by atomic mass is 9.92. The van der Waals surface area contributed by atoms with E-state index < -0.39 is 0 Å². The first-order valence-electron chi connectivity index (χ1n) is 9.62. The van der Waals surface area contributed by atoms with Gasteiger partial charge in [0.05, 0.1) is 36.1 Å². The molecule has 6 nitrogen and oxygen atoms in total. The van der Waals surface area contributed by atoms with Crippen molar-refractivity contribution >= 4 is 22.5 Å². The Bertz CT molecular complexity index is 1120. The lowest BCUT2D eigenvalue weighted by Crippen LogP contribution is -2.40. The largest absolute Gasteiger partial charge is 0.481 e. The minimum atomic E-state index is 0.0271. The zero-order valence-electron chi connectivity index (χ0n) is 16.0. The topological polar surface area (TPSA) is 81.3 Å². The normalized spacial score (nSPS) is 16.4. The number of nitrogens with two attached hydrogens (primary N) is 1. The van der Waals surface area contributed by atoms with Crippen LogP contribution in [-0.4, -0.2) is 33.9 Å². The summed E-state index contributed by atoms with van der Waals surface area (Å²) >= 11 is 0. The molecule has 6 heteroatoms. The Hall–Kier alpha value is -3.15. The Morgan fingerprint density at radius 2 is 1.96 bits per heavy atom. The van der Waals surface area contributed by atoms with Gasteiger partial charge in [-0.25, -0.2) is 9.97 Å². The molecule has 1 aliphatic carbocycles. The van der Waals surface area contributed by atoms with Gasteiger partial charge in [0.2, 0.25) is 5.88 Å². The molecule has 142 valence electrons. The van der Waals surface area contributed by atoms with Gasteiger partial charge >= 0.3 is 0 Å². The van der Waals surface area contributed by atoms with Gasteiger partial charge in [-0.1, -0.05) is 18.2 Å². The molecular weight excluding hydrogens is 352 g/mol. The number of hydrogen-bond donors (Lipinski definition) is 1. The quantitative estimate of drug-likeness (QED) is 0.756. The van der Waals surface area contributed by atoms with E-state index in [9.17, 15) is 4.79 Å². The zero-order chi connectivity index (χ0) is 19.4. The number of ether oxygens (including phenoxy) is 1. The van der Waals surface area contributed by atoms with Crippen molar-refractivity contribution in [1.82, 2.24) is 14.9 Å². The third kappa shape index (κ3) is 2.37. The molecule has 3 aromatic rings. The summed E-state index contributed by atoms with van der Waals surface area (Å²) in [5, 5.41) is 0.815. The second-order valence-corrected chi connectivity index (χ2v) is 7.55. The van der Waals surface area contributed by atoms with E-state index in [2.05, 4.69) is 4.98 Å². The minimum absolute atomic E-state index is 0.0271. The van der Waals surface area contributed by atoms with E-state index in [1.54, 1.807) is 7.11 Å². The smallest absolute Gasteiger partial charge is 0.258 e. The molecule has 28 heavy (non-hydrogen) atoms. The zero-order valence-corrected chi connectivity index (χ0v) is 16.0. The molecule has 0 radical (unpaired) electrons. The molecule has 1 amide bonds. The molecule has 1 aromatic carbocycles. The number of carbonyl (C=O) groups is 1. The number of benzene rings is 1. The van der Waals surface area contributed by atoms with Gasteiger partial charge in [0.1, 0.15) is 0 Å². The summed E-state index contributed by atoms with van der Waals surface area (Å²) in [6, 6.07) is 10.1. The number of fused-ring (bicyclic) bond motifs is 2. The summed E-state index contributed by atoms with van der Waals surface area (Å²) in [4.78, 5) is 24.3. The Morgan fingerprint density at radius 1 is 1.14 bits per heavy atom. The van der Waals surface area contributed by atoms with Crippen LogP contribution in [0, 0.1) is 6.92 Å². The highest BCUT2D eigenvalue weighted by Crippen LogP contribution is 2.39. The van der Waals surface area contributed by atoms with Crippen LogP contribution in [0.3, 0.4) is 0 Å². The van der Waals surface area contributed by atoms with Crippen molar-refractivity contribution in [3.8, 4) is 17.0 Å². The van der Waals surface area contributed by atoms with Gasteiger partial charge in [-0.3, -0.25) is 4.79 Å². The predicted molar refractivity (Wildman–Crippen MR) is 108 cm³/mol. The first-order chi connectivity index (χ1) is 13.6. The van der Waals surface area contributed by atoms with Crippen molar-refractivity contribution < 1.29 is 9.53 Å². The fourth-order valence-electron chi connectivity index (χ4n) is 4.24. The molecular formula is C22H22N4O2. The van der Waals surface area contributed by atoms with E-state index in [4.69, 9.17) is 15.5 Å². The standard InChI is InChI=1S/C22H22N4O2/c1-12-14(9-10-18(24-12)28-2)15-7-4-8-16-20(23)19-17(25-21(15)16)11-26(22(19)27)13-5-3-6-13/h4,7-10,13H,3,5-6,11H2,1-2H3,(H2,23,25). The maximum absolute atomic E-state index is 13.0. The summed E-state index contributed by atoms with van der Waals surface area (Å²) in [5.41, 5.74) is 12.0. The number of anilines is 1. The first kappa shape index (κ1) is 17.0. The highest BCUT2D eigenvalue weighted by molar-refractivity contribution is 6.11. The van der Waals surface area contributed by atoms with Crippen LogP contribution < -0.4 is 10.5 Å². The Kier molecular flexibility index (Phi) is 3.75. The van der Waals surface area contributed by atoms with Gasteiger partial charge in [0.25, 0.3) is 5.91 Å². The number of aryl methyl sites for hydroxylation is 1. The van der Waals surface area contributed by atoms with Crippen molar-refractivity contribution in [3.63, 3.8) is 0 Å². The summed E-state index contributed by atoms with van der Waals surface area (Å²) < 4.78 is 5.23. The second-order valence-electron chi connectivity index (χ2n) is 7.55. The molecule has 2 aromatic heterocycles. The van der Waals surface area contributed by atoms with Gasteiger partial charge in [0.15, 0.2) is 0 Å². The number of aromatic nitrogens is 2. The van der Waals surface area contributed by atoms with Crippen LogP contribution in [0.25, 0.3) is 22.0 Å². The van der Waals surface area contributed by atoms with Crippen LogP contribution >= 0.6 is 0 Å². The molecule has 2 aliphatic rings. The van der Waals surface area contributed by atoms with E-state index in [-0.39, 0.29) is 5.91 Å². The van der Waals surface area contributed by atoms with Crippen molar-refractivity contribution in [2.45, 2.75) is 38.8 Å². The van der Waals surface area contributed by atoms with Gasteiger partial charge in [-0.15, -0.1) is 0 Å². The molecule has 0 spiro atoms. The van der Waals surface area contributed by atoms with Crippen LogP contribution in [0.5, 0.6) is 5.88 Å². The summed E-state index contributed by atoms with van der Waals surface area (Å²) in [6.45, 7) is 2.50. The number of hydrogen-bond acceptors (Lipinski definition) is 5. The lowest BCUT2D eigenvalue weighted by molar-refractivity contribution is 0.0606. The third-order valence-corrected chi connectivity index (χ3v) is 6.00. The molecule has 3 heterocycles. The Balaban J connectivity index is 1.68. The molecule has 1 aliphatic heterocycles. The van der Waals surface area contributed by atoms with Crippen LogP contribution in [-0.2, 0) is 6.54 Å².